The van der Waals surface area contributed by atoms with Gasteiger partial charge in [0, 0.05) is 6.54 Å². The molecule has 0 aromatic heterocycles. The fourth-order valence-corrected chi connectivity index (χ4v) is 7.30. The van der Waals surface area contributed by atoms with Crippen LogP contribution in [0.3, 0.4) is 0 Å². The highest BCUT2D eigenvalue weighted by Crippen LogP contribution is 2.64. The van der Waals surface area contributed by atoms with Crippen molar-refractivity contribution < 1.29 is 29.0 Å². The number of likely N-dealkylation sites (tertiary alicyclic amines) is 1. The van der Waals surface area contributed by atoms with Gasteiger partial charge in [0.15, 0.2) is 0 Å². The van der Waals surface area contributed by atoms with Crippen LogP contribution in [-0.2, 0) is 23.9 Å². The molecule has 9 heteroatoms. The minimum Gasteiger partial charge on any atom is -0.466 e. The van der Waals surface area contributed by atoms with Gasteiger partial charge >= 0.3 is 5.97 Å². The Balaban J connectivity index is 1.89. The van der Waals surface area contributed by atoms with Crippen LogP contribution in [0.4, 0.5) is 5.69 Å². The van der Waals surface area contributed by atoms with Crippen LogP contribution >= 0.6 is 11.6 Å². The van der Waals surface area contributed by atoms with E-state index in [1.54, 1.807) is 24.0 Å². The average molecular weight is 547 g/mol. The fraction of sp³-hybridized carbons (Fsp3) is 0.621. The molecule has 38 heavy (non-hydrogen) atoms. The normalized spacial score (nSPS) is 30.5. The van der Waals surface area contributed by atoms with Crippen LogP contribution in [0, 0.1) is 24.7 Å². The van der Waals surface area contributed by atoms with Gasteiger partial charge in [-0.2, -0.15) is 0 Å². The second-order valence-electron chi connectivity index (χ2n) is 11.3. The Labute approximate surface area is 229 Å². The van der Waals surface area contributed by atoms with Gasteiger partial charge in [0.2, 0.25) is 5.91 Å². The molecule has 4 rings (SSSR count). The Hall–Kier alpha value is -2.42. The Morgan fingerprint density at radius 3 is 2.66 bits per heavy atom. The number of aliphatic hydroxyl groups is 1. The molecular weight excluding hydrogens is 508 g/mol. The van der Waals surface area contributed by atoms with E-state index in [1.165, 1.54) is 4.90 Å². The minimum atomic E-state index is -1.22. The third-order valence-corrected chi connectivity index (χ3v) is 8.68. The molecule has 208 valence electrons. The van der Waals surface area contributed by atoms with Gasteiger partial charge in [0.25, 0.3) is 5.91 Å². The molecule has 1 spiro atoms. The Morgan fingerprint density at radius 1 is 1.37 bits per heavy atom. The highest BCUT2D eigenvalue weighted by molar-refractivity contribution is 6.34. The number of esters is 1. The number of hydrogen-bond donors (Lipinski definition) is 1. The monoisotopic (exact) mass is 546 g/mol. The van der Waals surface area contributed by atoms with Crippen molar-refractivity contribution in [3.8, 4) is 0 Å². The largest absolute Gasteiger partial charge is 0.466 e. The van der Waals surface area contributed by atoms with Crippen molar-refractivity contribution in [3.05, 3.63) is 41.4 Å². The topological polar surface area (TPSA) is 96.4 Å². The maximum atomic E-state index is 14.7. The van der Waals surface area contributed by atoms with E-state index in [0.717, 1.165) is 5.56 Å². The van der Waals surface area contributed by atoms with Gasteiger partial charge in [-0.15, -0.1) is 6.58 Å². The van der Waals surface area contributed by atoms with E-state index >= 15 is 0 Å². The molecule has 0 radical (unpaired) electrons. The number of carbonyl (C=O) groups excluding carboxylic acids is 3. The second kappa shape index (κ2) is 10.6. The summed E-state index contributed by atoms with van der Waals surface area (Å²) in [4.78, 5) is 45.3. The Kier molecular flexibility index (Phi) is 7.99. The lowest BCUT2D eigenvalue weighted by molar-refractivity contribution is -0.160. The van der Waals surface area contributed by atoms with Crippen molar-refractivity contribution in [3.63, 3.8) is 0 Å². The first-order valence-electron chi connectivity index (χ1n) is 13.4. The quantitative estimate of drug-likeness (QED) is 0.353. The Morgan fingerprint density at radius 2 is 2.08 bits per heavy atom. The van der Waals surface area contributed by atoms with E-state index in [-0.39, 0.29) is 37.5 Å². The molecular formula is C29H39ClN2O6. The van der Waals surface area contributed by atoms with Crippen LogP contribution < -0.4 is 4.90 Å². The molecule has 0 aliphatic carbocycles. The molecule has 3 aliphatic heterocycles. The summed E-state index contributed by atoms with van der Waals surface area (Å²) >= 11 is 6.60. The third kappa shape index (κ3) is 4.34. The summed E-state index contributed by atoms with van der Waals surface area (Å²) in [7, 11) is 0. The maximum absolute atomic E-state index is 14.7. The molecule has 3 heterocycles. The zero-order chi connectivity index (χ0) is 28.0. The van der Waals surface area contributed by atoms with Crippen LogP contribution in [0.25, 0.3) is 0 Å². The number of ether oxygens (including phenoxy) is 2. The number of anilines is 1. The number of rotatable bonds is 10. The van der Waals surface area contributed by atoms with Gasteiger partial charge < -0.3 is 24.4 Å². The predicted octanol–water partition coefficient (Wildman–Crippen LogP) is 3.90. The van der Waals surface area contributed by atoms with Crippen molar-refractivity contribution in [2.45, 2.75) is 77.2 Å². The number of benzene rings is 1. The molecule has 2 unspecified atom stereocenters. The van der Waals surface area contributed by atoms with E-state index in [2.05, 4.69) is 6.58 Å². The van der Waals surface area contributed by atoms with Crippen LogP contribution in [0.2, 0.25) is 5.02 Å². The van der Waals surface area contributed by atoms with Gasteiger partial charge in [-0.1, -0.05) is 43.7 Å². The van der Waals surface area contributed by atoms with Crippen molar-refractivity contribution in [1.29, 1.82) is 0 Å². The van der Waals surface area contributed by atoms with Crippen LogP contribution in [0.1, 0.15) is 52.5 Å². The third-order valence-electron chi connectivity index (χ3n) is 8.37. The fourth-order valence-electron chi connectivity index (χ4n) is 6.98. The van der Waals surface area contributed by atoms with Gasteiger partial charge in [-0.05, 0) is 57.6 Å². The molecule has 2 amide bonds. The van der Waals surface area contributed by atoms with Crippen LogP contribution in [0.5, 0.6) is 0 Å². The van der Waals surface area contributed by atoms with Crippen LogP contribution in [-0.4, -0.2) is 70.8 Å². The molecule has 3 fully saturated rings. The summed E-state index contributed by atoms with van der Waals surface area (Å²) in [6, 6.07) is 3.74. The SMILES string of the molecule is C=CCN(C(=O)C1N([C@@H](CO)CC(C)C)C(=O)[C@@H]2[C@@H](C(=O)OCC)[C@@]3(C)CCC12O3)c1c(C)cccc1Cl. The number of fused-ring (bicyclic) bond motifs is 1. The van der Waals surface area contributed by atoms with E-state index in [4.69, 9.17) is 21.1 Å². The molecule has 1 aromatic rings. The number of aryl methyl sites for hydroxylation is 1. The van der Waals surface area contributed by atoms with Crippen molar-refractivity contribution >= 4 is 35.1 Å². The summed E-state index contributed by atoms with van der Waals surface area (Å²) in [5, 5.41) is 10.9. The van der Waals surface area contributed by atoms with Gasteiger partial charge in [-0.3, -0.25) is 14.4 Å². The first-order chi connectivity index (χ1) is 18.0. The first-order valence-corrected chi connectivity index (χ1v) is 13.8. The lowest BCUT2D eigenvalue weighted by atomic mass is 9.66. The average Bonchev–Trinajstić information content (AvgIpc) is 3.42. The Bertz CT molecular complexity index is 1100. The lowest BCUT2D eigenvalue weighted by Crippen LogP contribution is -2.59. The molecule has 1 aromatic carbocycles. The smallest absolute Gasteiger partial charge is 0.312 e. The molecule has 3 aliphatic rings. The predicted molar refractivity (Wildman–Crippen MR) is 145 cm³/mol. The number of aliphatic hydroxyl groups excluding tert-OH is 1. The number of halogens is 1. The highest BCUT2D eigenvalue weighted by Gasteiger charge is 2.79. The standard InChI is InChI=1S/C29H39ClN2O6/c1-7-14-31(23-18(5)10-9-11-20(23)30)26(35)24-29-13-12-28(6,38-29)22(27(36)37-8-2)21(29)25(34)32(24)19(16-33)15-17(3)4/h7,9-11,17,19,21-22,24,33H,1,8,12-16H2,2-6H3/t19-,21+,22+,24?,28-,29?/m1/s1. The number of hydrogen-bond acceptors (Lipinski definition) is 6. The molecule has 2 bridgehead atoms. The van der Waals surface area contributed by atoms with Crippen molar-refractivity contribution in [1.82, 2.24) is 4.90 Å². The van der Waals surface area contributed by atoms with Gasteiger partial charge in [-0.25, -0.2) is 0 Å². The number of para-hydroxylation sites is 1. The summed E-state index contributed by atoms with van der Waals surface area (Å²) in [6.45, 7) is 13.3. The summed E-state index contributed by atoms with van der Waals surface area (Å²) in [5.41, 5.74) is -0.810. The van der Waals surface area contributed by atoms with Gasteiger partial charge in [0.05, 0.1) is 41.5 Å². The number of amides is 2. The van der Waals surface area contributed by atoms with Crippen LogP contribution in [0.15, 0.2) is 30.9 Å². The first kappa shape index (κ1) is 28.6. The molecule has 1 N–H and O–H groups in total. The zero-order valence-corrected chi connectivity index (χ0v) is 23.7. The zero-order valence-electron chi connectivity index (χ0n) is 22.9. The molecule has 8 nitrogen and oxygen atoms in total. The summed E-state index contributed by atoms with van der Waals surface area (Å²) < 4.78 is 12.1. The minimum absolute atomic E-state index is 0.152. The summed E-state index contributed by atoms with van der Waals surface area (Å²) in [5.74, 6) is -2.77. The van der Waals surface area contributed by atoms with E-state index in [0.29, 0.717) is 30.0 Å². The van der Waals surface area contributed by atoms with Crippen molar-refractivity contribution in [2.75, 3.05) is 24.7 Å². The van der Waals surface area contributed by atoms with E-state index in [9.17, 15) is 19.5 Å². The molecule has 0 saturated carbocycles. The van der Waals surface area contributed by atoms with E-state index in [1.807, 2.05) is 39.8 Å². The van der Waals surface area contributed by atoms with E-state index < -0.39 is 41.1 Å². The van der Waals surface area contributed by atoms with Crippen molar-refractivity contribution in [2.24, 2.45) is 17.8 Å². The van der Waals surface area contributed by atoms with Gasteiger partial charge in [0.1, 0.15) is 17.6 Å². The maximum Gasteiger partial charge on any atom is 0.312 e. The summed E-state index contributed by atoms with van der Waals surface area (Å²) in [6.07, 6.45) is 3.05. The number of carbonyl (C=O) groups is 3. The number of nitrogens with zero attached hydrogens (tertiary/aromatic N) is 2. The second-order valence-corrected chi connectivity index (χ2v) is 11.7. The lowest BCUT2D eigenvalue weighted by Gasteiger charge is -2.40. The highest BCUT2D eigenvalue weighted by atomic mass is 35.5. The molecule has 6 atom stereocenters. The molecule has 3 saturated heterocycles.